The molecule has 2 aromatic heterocycles. The molecule has 0 N–H and O–H groups in total. The van der Waals surface area contributed by atoms with Crippen LogP contribution in [0.1, 0.15) is 5.82 Å². The molecule has 0 spiro atoms. The van der Waals surface area contributed by atoms with E-state index in [1.54, 1.807) is 17.0 Å². The minimum atomic E-state index is 0.0631. The van der Waals surface area contributed by atoms with Gasteiger partial charge in [0, 0.05) is 12.4 Å². The van der Waals surface area contributed by atoms with Crippen molar-refractivity contribution in [3.05, 3.63) is 28.8 Å². The molecule has 0 aliphatic carbocycles. The predicted molar refractivity (Wildman–Crippen MR) is 51.7 cm³/mol. The molecule has 0 unspecified atom stereocenters. The molecule has 0 aliphatic heterocycles. The number of nitrogens with zero attached hydrogens (tertiary/aromatic N) is 5. The smallest absolute Gasteiger partial charge is 0.240 e. The van der Waals surface area contributed by atoms with Gasteiger partial charge >= 0.3 is 0 Å². The van der Waals surface area contributed by atoms with E-state index < -0.39 is 0 Å². The lowest BCUT2D eigenvalue weighted by atomic mass is 10.7. The lowest BCUT2D eigenvalue weighted by Gasteiger charge is -2.02. The minimum absolute atomic E-state index is 0.0631. The summed E-state index contributed by atoms with van der Waals surface area (Å²) in [5.74, 6) is 1.12. The molecule has 0 atom stereocenters. The predicted octanol–water partition coefficient (Wildman–Crippen LogP) is 1.67. The number of hydrogen-bond donors (Lipinski definition) is 0. The van der Waals surface area contributed by atoms with Crippen molar-refractivity contribution in [1.82, 2.24) is 24.5 Å². The van der Waals surface area contributed by atoms with Gasteiger partial charge in [0.2, 0.25) is 16.5 Å². The van der Waals surface area contributed by atoms with Crippen molar-refractivity contribution in [1.29, 1.82) is 0 Å². The first-order valence-corrected chi connectivity index (χ1v) is 4.50. The monoisotopic (exact) mass is 229 g/mol. The quantitative estimate of drug-likeness (QED) is 0.747. The molecule has 2 heterocycles. The van der Waals surface area contributed by atoms with Gasteiger partial charge in [-0.25, -0.2) is 4.98 Å². The van der Waals surface area contributed by atoms with E-state index in [0.29, 0.717) is 5.95 Å². The number of aromatic nitrogens is 5. The molecule has 0 saturated heterocycles. The highest BCUT2D eigenvalue weighted by Crippen LogP contribution is 2.10. The summed E-state index contributed by atoms with van der Waals surface area (Å²) in [6, 6.07) is 0. The maximum absolute atomic E-state index is 5.64. The van der Waals surface area contributed by atoms with E-state index in [2.05, 4.69) is 19.9 Å². The van der Waals surface area contributed by atoms with Crippen LogP contribution in [-0.4, -0.2) is 24.5 Å². The molecule has 0 fully saturated rings. The molecule has 0 aromatic carbocycles. The van der Waals surface area contributed by atoms with E-state index in [1.165, 1.54) is 0 Å². The van der Waals surface area contributed by atoms with Crippen LogP contribution in [0.25, 0.3) is 5.95 Å². The molecule has 7 heteroatoms. The van der Waals surface area contributed by atoms with Gasteiger partial charge in [0.05, 0.1) is 0 Å². The molecule has 2 aromatic rings. The van der Waals surface area contributed by atoms with Crippen LogP contribution in [0.3, 0.4) is 0 Å². The third kappa shape index (κ3) is 1.69. The number of aryl methyl sites for hydroxylation is 1. The zero-order chi connectivity index (χ0) is 10.1. The van der Waals surface area contributed by atoms with Gasteiger partial charge in [-0.2, -0.15) is 15.0 Å². The number of halogens is 2. The van der Waals surface area contributed by atoms with E-state index in [0.717, 1.165) is 5.82 Å². The highest BCUT2D eigenvalue weighted by Gasteiger charge is 2.06. The molecule has 0 aliphatic rings. The van der Waals surface area contributed by atoms with Crippen molar-refractivity contribution in [2.75, 3.05) is 0 Å². The molecule has 0 saturated carbocycles. The molecule has 72 valence electrons. The molecule has 0 bridgehead atoms. The Labute approximate surface area is 89.8 Å². The number of rotatable bonds is 1. The summed E-state index contributed by atoms with van der Waals surface area (Å²) < 4.78 is 1.67. The Hall–Kier alpha value is -1.20. The average Bonchev–Trinajstić information content (AvgIpc) is 2.49. The topological polar surface area (TPSA) is 56.5 Å². The summed E-state index contributed by atoms with van der Waals surface area (Å²) in [5, 5.41) is 0.126. The zero-order valence-electron chi connectivity index (χ0n) is 7.15. The highest BCUT2D eigenvalue weighted by molar-refractivity contribution is 6.31. The Morgan fingerprint density at radius 2 is 1.79 bits per heavy atom. The van der Waals surface area contributed by atoms with Crippen molar-refractivity contribution >= 4 is 23.2 Å². The SMILES string of the molecule is Cc1nccn1-c1nc(Cl)nc(Cl)n1. The molecule has 5 nitrogen and oxygen atoms in total. The van der Waals surface area contributed by atoms with E-state index in [1.807, 2.05) is 6.92 Å². The van der Waals surface area contributed by atoms with Crippen molar-refractivity contribution in [2.45, 2.75) is 6.92 Å². The summed E-state index contributed by atoms with van der Waals surface area (Å²) in [6.45, 7) is 1.82. The molecular weight excluding hydrogens is 225 g/mol. The van der Waals surface area contributed by atoms with Crippen LogP contribution >= 0.6 is 23.2 Å². The van der Waals surface area contributed by atoms with Gasteiger partial charge in [-0.1, -0.05) is 0 Å². The molecule has 2 rings (SSSR count). The first-order chi connectivity index (χ1) is 6.66. The van der Waals surface area contributed by atoms with Crippen molar-refractivity contribution < 1.29 is 0 Å². The largest absolute Gasteiger partial charge is 0.272 e. The Kier molecular flexibility index (Phi) is 2.35. The van der Waals surface area contributed by atoms with Crippen LogP contribution in [0.2, 0.25) is 10.6 Å². The summed E-state index contributed by atoms with van der Waals surface area (Å²) in [7, 11) is 0. The van der Waals surface area contributed by atoms with E-state index in [9.17, 15) is 0 Å². The van der Waals surface area contributed by atoms with Crippen LogP contribution < -0.4 is 0 Å². The number of hydrogen-bond acceptors (Lipinski definition) is 4. The molecule has 14 heavy (non-hydrogen) atoms. The second-order valence-corrected chi connectivity index (χ2v) is 3.19. The van der Waals surface area contributed by atoms with Gasteiger partial charge < -0.3 is 0 Å². The Balaban J connectivity index is 2.57. The van der Waals surface area contributed by atoms with Crippen LogP contribution in [0.15, 0.2) is 12.4 Å². The summed E-state index contributed by atoms with van der Waals surface area (Å²) in [4.78, 5) is 15.5. The fourth-order valence-electron chi connectivity index (χ4n) is 1.01. The van der Waals surface area contributed by atoms with E-state index >= 15 is 0 Å². The standard InChI is InChI=1S/C7H5Cl2N5/c1-4-10-2-3-14(4)7-12-5(8)11-6(9)13-7/h2-3H,1H3. The number of imidazole rings is 1. The fraction of sp³-hybridized carbons (Fsp3) is 0.143. The third-order valence-corrected chi connectivity index (χ3v) is 1.95. The third-order valence-electron chi connectivity index (χ3n) is 1.61. The first kappa shape index (κ1) is 9.36. The van der Waals surface area contributed by atoms with Gasteiger partial charge in [0.15, 0.2) is 0 Å². The summed E-state index contributed by atoms with van der Waals surface area (Å²) >= 11 is 11.3. The van der Waals surface area contributed by atoms with Gasteiger partial charge in [-0.05, 0) is 30.1 Å². The molecular formula is C7H5Cl2N5. The first-order valence-electron chi connectivity index (χ1n) is 3.74. The van der Waals surface area contributed by atoms with Crippen LogP contribution in [-0.2, 0) is 0 Å². The second kappa shape index (κ2) is 3.51. The average molecular weight is 230 g/mol. The second-order valence-electron chi connectivity index (χ2n) is 2.52. The minimum Gasteiger partial charge on any atom is -0.272 e. The van der Waals surface area contributed by atoms with E-state index in [-0.39, 0.29) is 10.6 Å². The lowest BCUT2D eigenvalue weighted by molar-refractivity contribution is 0.861. The Bertz CT molecular complexity index is 447. The van der Waals surface area contributed by atoms with Gasteiger partial charge in [0.1, 0.15) is 5.82 Å². The molecule has 0 radical (unpaired) electrons. The maximum atomic E-state index is 5.64. The Morgan fingerprint density at radius 3 is 2.29 bits per heavy atom. The van der Waals surface area contributed by atoms with E-state index in [4.69, 9.17) is 23.2 Å². The normalized spacial score (nSPS) is 10.5. The van der Waals surface area contributed by atoms with Crippen molar-refractivity contribution in [3.8, 4) is 5.95 Å². The van der Waals surface area contributed by atoms with Gasteiger partial charge in [-0.15, -0.1) is 0 Å². The summed E-state index contributed by atoms with van der Waals surface area (Å²) in [5.41, 5.74) is 0. The maximum Gasteiger partial charge on any atom is 0.240 e. The van der Waals surface area contributed by atoms with Crippen molar-refractivity contribution in [3.63, 3.8) is 0 Å². The van der Waals surface area contributed by atoms with Crippen LogP contribution in [0.5, 0.6) is 0 Å². The zero-order valence-corrected chi connectivity index (χ0v) is 8.66. The van der Waals surface area contributed by atoms with Crippen LogP contribution in [0, 0.1) is 6.92 Å². The summed E-state index contributed by atoms with van der Waals surface area (Å²) in [6.07, 6.45) is 3.36. The van der Waals surface area contributed by atoms with Gasteiger partial charge in [0.25, 0.3) is 0 Å². The fourth-order valence-corrected chi connectivity index (χ4v) is 1.37. The lowest BCUT2D eigenvalue weighted by Crippen LogP contribution is -2.03. The van der Waals surface area contributed by atoms with Crippen LogP contribution in [0.4, 0.5) is 0 Å². The van der Waals surface area contributed by atoms with Crippen molar-refractivity contribution in [2.24, 2.45) is 0 Å². The molecule has 0 amide bonds. The van der Waals surface area contributed by atoms with Gasteiger partial charge in [-0.3, -0.25) is 4.57 Å². The highest BCUT2D eigenvalue weighted by atomic mass is 35.5. The Morgan fingerprint density at radius 1 is 1.14 bits per heavy atom.